The standard InChI is InChI=1S/C6H4N4O3/c7-9-8-5-1-3-6(4-2-5)13-10(11)12/h1-4H. The molecule has 0 heterocycles. The Bertz CT molecular complexity index is 355. The third kappa shape index (κ3) is 2.68. The van der Waals surface area contributed by atoms with Crippen LogP contribution < -0.4 is 4.84 Å². The highest BCUT2D eigenvalue weighted by Crippen LogP contribution is 2.17. The van der Waals surface area contributed by atoms with Crippen LogP contribution in [0.3, 0.4) is 0 Å². The molecule has 0 unspecified atom stereocenters. The van der Waals surface area contributed by atoms with Crippen LogP contribution in [-0.4, -0.2) is 5.09 Å². The Hall–Kier alpha value is -2.27. The van der Waals surface area contributed by atoms with Crippen LogP contribution in [0.2, 0.25) is 0 Å². The molecule has 0 aliphatic carbocycles. The van der Waals surface area contributed by atoms with Crippen molar-refractivity contribution in [3.8, 4) is 5.75 Å². The molecule has 0 atom stereocenters. The van der Waals surface area contributed by atoms with Crippen molar-refractivity contribution in [1.82, 2.24) is 0 Å². The van der Waals surface area contributed by atoms with Crippen LogP contribution in [0.1, 0.15) is 0 Å². The van der Waals surface area contributed by atoms with Gasteiger partial charge in [0, 0.05) is 10.6 Å². The fourth-order valence-electron chi connectivity index (χ4n) is 0.711. The molecular formula is C6H4N4O3. The zero-order valence-corrected chi connectivity index (χ0v) is 6.32. The maximum absolute atomic E-state index is 9.88. The van der Waals surface area contributed by atoms with Crippen molar-refractivity contribution in [2.45, 2.75) is 0 Å². The summed E-state index contributed by atoms with van der Waals surface area (Å²) in [5.41, 5.74) is 8.43. The molecule has 0 spiro atoms. The van der Waals surface area contributed by atoms with Crippen molar-refractivity contribution in [1.29, 1.82) is 0 Å². The van der Waals surface area contributed by atoms with Crippen LogP contribution in [0.4, 0.5) is 5.69 Å². The molecule has 0 N–H and O–H groups in total. The first-order valence-corrected chi connectivity index (χ1v) is 3.20. The zero-order valence-electron chi connectivity index (χ0n) is 6.32. The highest BCUT2D eigenvalue weighted by Gasteiger charge is 1.97. The molecule has 1 aromatic carbocycles. The molecule has 0 fully saturated rings. The summed E-state index contributed by atoms with van der Waals surface area (Å²) in [4.78, 5) is 16.6. The highest BCUT2D eigenvalue weighted by atomic mass is 17.0. The lowest BCUT2D eigenvalue weighted by atomic mass is 10.3. The molecule has 66 valence electrons. The largest absolute Gasteiger partial charge is 0.299 e. The van der Waals surface area contributed by atoms with Gasteiger partial charge in [-0.2, -0.15) is 0 Å². The Kier molecular flexibility index (Phi) is 2.67. The predicted molar refractivity (Wildman–Crippen MR) is 42.9 cm³/mol. The molecular weight excluding hydrogens is 176 g/mol. The van der Waals surface area contributed by atoms with Crippen LogP contribution >= 0.6 is 0 Å². The molecule has 0 bridgehead atoms. The fraction of sp³-hybridized carbons (Fsp3) is 0. The summed E-state index contributed by atoms with van der Waals surface area (Å²) in [7, 11) is 0. The third-order valence-electron chi connectivity index (χ3n) is 1.18. The van der Waals surface area contributed by atoms with Gasteiger partial charge in [-0.3, -0.25) is 4.84 Å². The van der Waals surface area contributed by atoms with Crippen molar-refractivity contribution < 1.29 is 9.92 Å². The maximum Gasteiger partial charge on any atom is 0.299 e. The Morgan fingerprint density at radius 2 is 2.08 bits per heavy atom. The fourth-order valence-corrected chi connectivity index (χ4v) is 0.711. The smallest absolute Gasteiger partial charge is 0.276 e. The summed E-state index contributed by atoms with van der Waals surface area (Å²) in [6, 6.07) is 5.51. The van der Waals surface area contributed by atoms with Crippen LogP contribution in [0, 0.1) is 10.1 Å². The average molecular weight is 180 g/mol. The molecule has 0 aromatic heterocycles. The van der Waals surface area contributed by atoms with Gasteiger partial charge < -0.3 is 0 Å². The first kappa shape index (κ1) is 8.82. The Morgan fingerprint density at radius 3 is 2.54 bits per heavy atom. The molecule has 0 radical (unpaired) electrons. The van der Waals surface area contributed by atoms with Gasteiger partial charge in [0.05, 0.1) is 0 Å². The van der Waals surface area contributed by atoms with Gasteiger partial charge >= 0.3 is 0 Å². The topological polar surface area (TPSA) is 101 Å². The van der Waals surface area contributed by atoms with Crippen molar-refractivity contribution in [2.24, 2.45) is 5.11 Å². The van der Waals surface area contributed by atoms with E-state index >= 15 is 0 Å². The van der Waals surface area contributed by atoms with Crippen LogP contribution in [-0.2, 0) is 0 Å². The van der Waals surface area contributed by atoms with E-state index in [0.717, 1.165) is 0 Å². The number of azide groups is 1. The van der Waals surface area contributed by atoms with E-state index in [1.807, 2.05) is 0 Å². The minimum absolute atomic E-state index is 0.0851. The number of hydrogen-bond acceptors (Lipinski definition) is 4. The average Bonchev–Trinajstić information content (AvgIpc) is 2.08. The van der Waals surface area contributed by atoms with Gasteiger partial charge in [-0.25, -0.2) is 0 Å². The zero-order chi connectivity index (χ0) is 9.68. The van der Waals surface area contributed by atoms with E-state index in [0.29, 0.717) is 5.69 Å². The van der Waals surface area contributed by atoms with Crippen LogP contribution in [0.15, 0.2) is 29.4 Å². The molecule has 0 saturated heterocycles. The molecule has 0 aliphatic rings. The lowest BCUT2D eigenvalue weighted by molar-refractivity contribution is -0.711. The van der Waals surface area contributed by atoms with Crippen LogP contribution in [0.25, 0.3) is 10.4 Å². The minimum atomic E-state index is -0.914. The van der Waals surface area contributed by atoms with Crippen molar-refractivity contribution in [2.75, 3.05) is 0 Å². The van der Waals surface area contributed by atoms with E-state index in [4.69, 9.17) is 5.53 Å². The summed E-state index contributed by atoms with van der Waals surface area (Å²) in [6.45, 7) is 0. The Labute approximate surface area is 72.3 Å². The number of rotatable bonds is 3. The summed E-state index contributed by atoms with van der Waals surface area (Å²) in [5, 5.41) is 12.2. The van der Waals surface area contributed by atoms with E-state index < -0.39 is 5.09 Å². The normalized spacial score (nSPS) is 8.62. The summed E-state index contributed by atoms with van der Waals surface area (Å²) in [6.07, 6.45) is 0. The summed E-state index contributed by atoms with van der Waals surface area (Å²) >= 11 is 0. The van der Waals surface area contributed by atoms with Crippen LogP contribution in [0.5, 0.6) is 5.75 Å². The molecule has 1 aromatic rings. The number of nitrogens with zero attached hydrogens (tertiary/aromatic N) is 4. The van der Waals surface area contributed by atoms with E-state index in [-0.39, 0.29) is 5.75 Å². The molecule has 7 heteroatoms. The lowest BCUT2D eigenvalue weighted by Gasteiger charge is -1.96. The Morgan fingerprint density at radius 1 is 1.46 bits per heavy atom. The molecule has 13 heavy (non-hydrogen) atoms. The molecule has 7 nitrogen and oxygen atoms in total. The second-order valence-corrected chi connectivity index (χ2v) is 2.00. The minimum Gasteiger partial charge on any atom is -0.276 e. The van der Waals surface area contributed by atoms with E-state index in [2.05, 4.69) is 14.9 Å². The van der Waals surface area contributed by atoms with E-state index in [1.165, 1.54) is 24.3 Å². The monoisotopic (exact) mass is 180 g/mol. The van der Waals surface area contributed by atoms with Gasteiger partial charge in [-0.05, 0) is 17.7 Å². The van der Waals surface area contributed by atoms with Gasteiger partial charge in [-0.1, -0.05) is 17.2 Å². The lowest BCUT2D eigenvalue weighted by Crippen LogP contribution is -2.02. The van der Waals surface area contributed by atoms with Gasteiger partial charge in [0.25, 0.3) is 5.09 Å². The first-order chi connectivity index (χ1) is 6.22. The van der Waals surface area contributed by atoms with E-state index in [1.54, 1.807) is 0 Å². The van der Waals surface area contributed by atoms with E-state index in [9.17, 15) is 10.1 Å². The van der Waals surface area contributed by atoms with Gasteiger partial charge in [-0.15, -0.1) is 10.1 Å². The SMILES string of the molecule is [N-]=[N+]=Nc1ccc(O[N+](=O)[O-])cc1. The highest BCUT2D eigenvalue weighted by molar-refractivity contribution is 5.40. The molecule has 0 aliphatic heterocycles. The summed E-state index contributed by atoms with van der Waals surface area (Å²) < 4.78 is 0. The molecule has 0 saturated carbocycles. The van der Waals surface area contributed by atoms with Gasteiger partial charge in [0.1, 0.15) is 5.75 Å². The van der Waals surface area contributed by atoms with Gasteiger partial charge in [0.15, 0.2) is 0 Å². The number of hydrogen-bond donors (Lipinski definition) is 0. The third-order valence-corrected chi connectivity index (χ3v) is 1.18. The number of benzene rings is 1. The van der Waals surface area contributed by atoms with Gasteiger partial charge in [0.2, 0.25) is 0 Å². The van der Waals surface area contributed by atoms with Crippen molar-refractivity contribution >= 4 is 5.69 Å². The molecule has 0 amide bonds. The first-order valence-electron chi connectivity index (χ1n) is 3.20. The molecule has 1 rings (SSSR count). The quantitative estimate of drug-likeness (QED) is 0.234. The van der Waals surface area contributed by atoms with Crippen molar-refractivity contribution in [3.63, 3.8) is 0 Å². The second kappa shape index (κ2) is 3.93. The Balaban J connectivity index is 2.80. The maximum atomic E-state index is 9.88. The van der Waals surface area contributed by atoms with Crippen molar-refractivity contribution in [3.05, 3.63) is 44.8 Å². The summed E-state index contributed by atoms with van der Waals surface area (Å²) in [5.74, 6) is 0.0851. The predicted octanol–water partition coefficient (Wildman–Crippen LogP) is 2.20. The second-order valence-electron chi connectivity index (χ2n) is 2.00.